The zero-order valence-electron chi connectivity index (χ0n) is 18.8. The molecule has 0 bridgehead atoms. The Hall–Kier alpha value is -2.79. The number of anilines is 1. The maximum absolute atomic E-state index is 13.6. The third-order valence-corrected chi connectivity index (χ3v) is 6.10. The molecule has 1 saturated heterocycles. The third kappa shape index (κ3) is 4.53. The van der Waals surface area contributed by atoms with E-state index in [1.165, 1.54) is 4.90 Å². The van der Waals surface area contributed by atoms with Gasteiger partial charge in [-0.05, 0) is 66.6 Å². The number of ether oxygens (including phenoxy) is 1. The van der Waals surface area contributed by atoms with Crippen LogP contribution in [0, 0.1) is 11.8 Å². The first-order valence-corrected chi connectivity index (χ1v) is 11.6. The molecule has 6 heteroatoms. The Morgan fingerprint density at radius 2 is 1.72 bits per heavy atom. The number of benzene rings is 2. The number of nitrogens with zero attached hydrogens (tertiary/aromatic N) is 2. The summed E-state index contributed by atoms with van der Waals surface area (Å²) in [6, 6.07) is 14.3. The van der Waals surface area contributed by atoms with Crippen LogP contribution in [0.15, 0.2) is 54.2 Å². The standard InChI is InChI=1S/C26H29ClN2O3/c1-17(2)16-32-22-12-10-21(11-13-22)29-25(30)23(19-6-8-20(27)9-7-19)24(26(29)31)28-14-4-5-18(3)15-28/h6-13,17-18H,4-5,14-16H2,1-3H3. The Balaban J connectivity index is 1.69. The second-order valence-corrected chi connectivity index (χ2v) is 9.50. The molecule has 168 valence electrons. The molecule has 2 amide bonds. The minimum absolute atomic E-state index is 0.273. The van der Waals surface area contributed by atoms with Crippen LogP contribution < -0.4 is 9.64 Å². The Kier molecular flexibility index (Phi) is 6.56. The van der Waals surface area contributed by atoms with Gasteiger partial charge in [0.2, 0.25) is 0 Å². The molecule has 1 atom stereocenters. The molecule has 0 radical (unpaired) electrons. The number of halogens is 1. The summed E-state index contributed by atoms with van der Waals surface area (Å²) in [6.07, 6.45) is 2.13. The smallest absolute Gasteiger partial charge is 0.282 e. The van der Waals surface area contributed by atoms with Gasteiger partial charge in [0.1, 0.15) is 11.4 Å². The molecule has 1 unspecified atom stereocenters. The summed E-state index contributed by atoms with van der Waals surface area (Å²) in [5, 5.41) is 0.591. The topological polar surface area (TPSA) is 49.9 Å². The fourth-order valence-electron chi connectivity index (χ4n) is 4.27. The highest BCUT2D eigenvalue weighted by atomic mass is 35.5. The molecule has 0 aromatic heterocycles. The Morgan fingerprint density at radius 3 is 2.34 bits per heavy atom. The monoisotopic (exact) mass is 452 g/mol. The summed E-state index contributed by atoms with van der Waals surface area (Å²) in [6.45, 7) is 8.50. The van der Waals surface area contributed by atoms with Gasteiger partial charge < -0.3 is 9.64 Å². The summed E-state index contributed by atoms with van der Waals surface area (Å²) in [4.78, 5) is 30.6. The second kappa shape index (κ2) is 9.37. The maximum Gasteiger partial charge on any atom is 0.282 e. The number of carbonyl (C=O) groups is 2. The van der Waals surface area contributed by atoms with Gasteiger partial charge >= 0.3 is 0 Å². The summed E-state index contributed by atoms with van der Waals surface area (Å²) >= 11 is 6.07. The highest BCUT2D eigenvalue weighted by molar-refractivity contribution is 6.45. The van der Waals surface area contributed by atoms with Gasteiger partial charge in [0.15, 0.2) is 0 Å². The molecule has 0 aliphatic carbocycles. The molecule has 32 heavy (non-hydrogen) atoms. The van der Waals surface area contributed by atoms with Crippen molar-refractivity contribution in [2.45, 2.75) is 33.6 Å². The number of amides is 2. The van der Waals surface area contributed by atoms with Crippen molar-refractivity contribution < 1.29 is 14.3 Å². The van der Waals surface area contributed by atoms with Gasteiger partial charge in [0.05, 0.1) is 17.9 Å². The fraction of sp³-hybridized carbons (Fsp3) is 0.385. The maximum atomic E-state index is 13.6. The highest BCUT2D eigenvalue weighted by Gasteiger charge is 2.43. The number of carbonyl (C=O) groups excluding carboxylic acids is 2. The van der Waals surface area contributed by atoms with Gasteiger partial charge in [-0.1, -0.05) is 44.5 Å². The molecule has 0 spiro atoms. The predicted molar refractivity (Wildman–Crippen MR) is 128 cm³/mol. The molecule has 0 N–H and O–H groups in total. The van der Waals surface area contributed by atoms with Crippen LogP contribution in [-0.2, 0) is 9.59 Å². The minimum atomic E-state index is -0.304. The van der Waals surface area contributed by atoms with Crippen molar-refractivity contribution in [1.82, 2.24) is 4.90 Å². The zero-order chi connectivity index (χ0) is 22.8. The first-order valence-electron chi connectivity index (χ1n) is 11.2. The van der Waals surface area contributed by atoms with Gasteiger partial charge in [-0.15, -0.1) is 0 Å². The van der Waals surface area contributed by atoms with Gasteiger partial charge in [-0.3, -0.25) is 9.59 Å². The largest absolute Gasteiger partial charge is 0.493 e. The van der Waals surface area contributed by atoms with Crippen LogP contribution in [0.25, 0.3) is 5.57 Å². The van der Waals surface area contributed by atoms with Gasteiger partial charge in [-0.2, -0.15) is 0 Å². The zero-order valence-corrected chi connectivity index (χ0v) is 19.6. The molecular formula is C26H29ClN2O3. The van der Waals surface area contributed by atoms with Crippen molar-refractivity contribution in [3.63, 3.8) is 0 Å². The van der Waals surface area contributed by atoms with Crippen molar-refractivity contribution in [2.75, 3.05) is 24.6 Å². The van der Waals surface area contributed by atoms with Crippen LogP contribution in [0.2, 0.25) is 5.02 Å². The van der Waals surface area contributed by atoms with Gasteiger partial charge in [0, 0.05) is 18.1 Å². The Bertz CT molecular complexity index is 1030. The highest BCUT2D eigenvalue weighted by Crippen LogP contribution is 2.37. The third-order valence-electron chi connectivity index (χ3n) is 5.84. The Labute approximate surface area is 194 Å². The van der Waals surface area contributed by atoms with Crippen LogP contribution >= 0.6 is 11.6 Å². The average Bonchev–Trinajstić information content (AvgIpc) is 3.03. The summed E-state index contributed by atoms with van der Waals surface area (Å²) in [5.41, 5.74) is 2.19. The molecular weight excluding hydrogens is 424 g/mol. The van der Waals surface area contributed by atoms with E-state index in [1.54, 1.807) is 36.4 Å². The van der Waals surface area contributed by atoms with Crippen molar-refractivity contribution in [3.8, 4) is 5.75 Å². The number of hydrogen-bond donors (Lipinski definition) is 0. The normalized spacial score (nSPS) is 19.3. The van der Waals surface area contributed by atoms with Gasteiger partial charge in [0.25, 0.3) is 11.8 Å². The molecule has 2 aliphatic rings. The van der Waals surface area contributed by atoms with Crippen molar-refractivity contribution >= 4 is 34.7 Å². The lowest BCUT2D eigenvalue weighted by molar-refractivity contribution is -0.120. The summed E-state index contributed by atoms with van der Waals surface area (Å²) < 4.78 is 5.75. The molecule has 0 saturated carbocycles. The summed E-state index contributed by atoms with van der Waals surface area (Å²) in [7, 11) is 0. The van der Waals surface area contributed by atoms with E-state index in [0.29, 0.717) is 46.0 Å². The molecule has 2 heterocycles. The van der Waals surface area contributed by atoms with Crippen LogP contribution in [0.3, 0.4) is 0 Å². The lowest BCUT2D eigenvalue weighted by Crippen LogP contribution is -2.39. The quantitative estimate of drug-likeness (QED) is 0.551. The number of imide groups is 1. The van der Waals surface area contributed by atoms with Crippen molar-refractivity contribution in [3.05, 3.63) is 64.8 Å². The van der Waals surface area contributed by atoms with Crippen LogP contribution in [0.5, 0.6) is 5.75 Å². The van der Waals surface area contributed by atoms with Crippen molar-refractivity contribution in [2.24, 2.45) is 11.8 Å². The molecule has 4 rings (SSSR count). The van der Waals surface area contributed by atoms with E-state index in [9.17, 15) is 9.59 Å². The van der Waals surface area contributed by atoms with E-state index < -0.39 is 0 Å². The lowest BCUT2D eigenvalue weighted by atomic mass is 9.98. The average molecular weight is 453 g/mol. The van der Waals surface area contributed by atoms with Crippen LogP contribution in [0.4, 0.5) is 5.69 Å². The molecule has 2 aromatic rings. The van der Waals surface area contributed by atoms with Crippen molar-refractivity contribution in [1.29, 1.82) is 0 Å². The minimum Gasteiger partial charge on any atom is -0.493 e. The molecule has 1 fully saturated rings. The number of likely N-dealkylation sites (tertiary alicyclic amines) is 1. The van der Waals surface area contributed by atoms with Crippen LogP contribution in [0.1, 0.15) is 39.2 Å². The predicted octanol–water partition coefficient (Wildman–Crippen LogP) is 5.39. The number of hydrogen-bond acceptors (Lipinski definition) is 4. The van der Waals surface area contributed by atoms with E-state index >= 15 is 0 Å². The number of rotatable bonds is 6. The van der Waals surface area contributed by atoms with E-state index in [4.69, 9.17) is 16.3 Å². The lowest BCUT2D eigenvalue weighted by Gasteiger charge is -2.33. The van der Waals surface area contributed by atoms with Crippen LogP contribution in [-0.4, -0.2) is 36.4 Å². The molecule has 2 aromatic carbocycles. The first kappa shape index (κ1) is 22.4. The second-order valence-electron chi connectivity index (χ2n) is 9.07. The summed E-state index contributed by atoms with van der Waals surface area (Å²) in [5.74, 6) is 1.03. The molecule has 5 nitrogen and oxygen atoms in total. The van der Waals surface area contributed by atoms with Gasteiger partial charge in [-0.25, -0.2) is 4.90 Å². The fourth-order valence-corrected chi connectivity index (χ4v) is 4.40. The van der Waals surface area contributed by atoms with E-state index in [0.717, 1.165) is 31.7 Å². The SMILES string of the molecule is CC(C)COc1ccc(N2C(=O)C(c3ccc(Cl)cc3)=C(N3CCCC(C)C3)C2=O)cc1. The van der Waals surface area contributed by atoms with E-state index in [-0.39, 0.29) is 11.8 Å². The van der Waals surface area contributed by atoms with E-state index in [2.05, 4.69) is 25.7 Å². The number of piperidine rings is 1. The first-order chi connectivity index (χ1) is 15.3. The Morgan fingerprint density at radius 1 is 1.03 bits per heavy atom. The van der Waals surface area contributed by atoms with E-state index in [1.807, 2.05) is 12.1 Å². The molecule has 2 aliphatic heterocycles.